The van der Waals surface area contributed by atoms with Gasteiger partial charge in [-0.3, -0.25) is 4.90 Å². The van der Waals surface area contributed by atoms with Gasteiger partial charge in [0.05, 0.1) is 0 Å². The molecule has 3 N–H and O–H groups in total. The summed E-state index contributed by atoms with van der Waals surface area (Å²) in [4.78, 5) is 2.53. The van der Waals surface area contributed by atoms with E-state index in [1.165, 1.54) is 0 Å². The second-order valence-electron chi connectivity index (χ2n) is 3.91. The van der Waals surface area contributed by atoms with E-state index in [0.717, 1.165) is 12.5 Å². The molecule has 0 bridgehead atoms. The highest BCUT2D eigenvalue weighted by molar-refractivity contribution is 4.71. The van der Waals surface area contributed by atoms with Crippen LogP contribution < -0.4 is 6.15 Å². The first-order valence-corrected chi connectivity index (χ1v) is 4.76. The van der Waals surface area contributed by atoms with Crippen molar-refractivity contribution in [1.29, 1.82) is 0 Å². The lowest BCUT2D eigenvalue weighted by molar-refractivity contribution is 0.138. The molecular formula is C10H26N2. The summed E-state index contributed by atoms with van der Waals surface area (Å²) in [5, 5.41) is 0. The fraction of sp³-hybridized carbons (Fsp3) is 1.00. The molecule has 0 spiro atoms. The smallest absolute Gasteiger partial charge is 0.00925 e. The average molecular weight is 174 g/mol. The molecule has 12 heavy (non-hydrogen) atoms. The molecule has 0 heterocycles. The zero-order valence-electron chi connectivity index (χ0n) is 9.59. The van der Waals surface area contributed by atoms with Gasteiger partial charge >= 0.3 is 0 Å². The van der Waals surface area contributed by atoms with E-state index in [4.69, 9.17) is 0 Å². The van der Waals surface area contributed by atoms with E-state index < -0.39 is 0 Å². The van der Waals surface area contributed by atoms with Gasteiger partial charge in [0, 0.05) is 12.1 Å². The first-order valence-electron chi connectivity index (χ1n) is 4.76. The Balaban J connectivity index is 0. The van der Waals surface area contributed by atoms with Crippen LogP contribution in [0.4, 0.5) is 0 Å². The molecule has 0 fully saturated rings. The Morgan fingerprint density at radius 2 is 1.42 bits per heavy atom. The minimum atomic E-state index is 0. The Labute approximate surface area is 77.9 Å². The van der Waals surface area contributed by atoms with Crippen LogP contribution in [0.3, 0.4) is 0 Å². The van der Waals surface area contributed by atoms with Crippen molar-refractivity contribution >= 4 is 0 Å². The van der Waals surface area contributed by atoms with Crippen molar-refractivity contribution in [1.82, 2.24) is 11.1 Å². The van der Waals surface area contributed by atoms with E-state index >= 15 is 0 Å². The van der Waals surface area contributed by atoms with Gasteiger partial charge in [0.1, 0.15) is 0 Å². The van der Waals surface area contributed by atoms with Crippen molar-refractivity contribution in [3.8, 4) is 0 Å². The molecule has 0 aliphatic heterocycles. The molecule has 2 nitrogen and oxygen atoms in total. The molecule has 0 saturated heterocycles. The van der Waals surface area contributed by atoms with Crippen molar-refractivity contribution in [2.24, 2.45) is 5.92 Å². The fourth-order valence-corrected chi connectivity index (χ4v) is 1.51. The minimum Gasteiger partial charge on any atom is -0.344 e. The third-order valence-electron chi connectivity index (χ3n) is 2.52. The minimum absolute atomic E-state index is 0. The predicted molar refractivity (Wildman–Crippen MR) is 56.8 cm³/mol. The van der Waals surface area contributed by atoms with Crippen molar-refractivity contribution in [3.63, 3.8) is 0 Å². The van der Waals surface area contributed by atoms with Crippen LogP contribution in [0.25, 0.3) is 0 Å². The first-order chi connectivity index (χ1) is 5.00. The molecule has 76 valence electrons. The van der Waals surface area contributed by atoms with Gasteiger partial charge in [0.25, 0.3) is 0 Å². The van der Waals surface area contributed by atoms with Crippen molar-refractivity contribution in [2.45, 2.75) is 53.6 Å². The number of hydrogen-bond acceptors (Lipinski definition) is 2. The van der Waals surface area contributed by atoms with E-state index in [0.29, 0.717) is 12.1 Å². The van der Waals surface area contributed by atoms with Crippen molar-refractivity contribution < 1.29 is 0 Å². The summed E-state index contributed by atoms with van der Waals surface area (Å²) in [7, 11) is 0. The van der Waals surface area contributed by atoms with E-state index in [1.54, 1.807) is 0 Å². The summed E-state index contributed by atoms with van der Waals surface area (Å²) in [6.07, 6.45) is 0. The van der Waals surface area contributed by atoms with Crippen LogP contribution in [0.2, 0.25) is 0 Å². The van der Waals surface area contributed by atoms with Crippen LogP contribution in [0, 0.1) is 5.92 Å². The maximum Gasteiger partial charge on any atom is 0.00925 e. The van der Waals surface area contributed by atoms with Gasteiger partial charge in [-0.25, -0.2) is 0 Å². The summed E-state index contributed by atoms with van der Waals surface area (Å²) in [5.41, 5.74) is 0. The third kappa shape index (κ3) is 4.07. The van der Waals surface area contributed by atoms with Gasteiger partial charge in [-0.05, 0) is 33.2 Å². The molecule has 1 unspecified atom stereocenters. The van der Waals surface area contributed by atoms with Crippen molar-refractivity contribution in [3.05, 3.63) is 0 Å². The summed E-state index contributed by atoms with van der Waals surface area (Å²) in [5.74, 6) is 0.761. The van der Waals surface area contributed by atoms with Crippen LogP contribution in [0.15, 0.2) is 0 Å². The quantitative estimate of drug-likeness (QED) is 0.711. The van der Waals surface area contributed by atoms with E-state index in [1.807, 2.05) is 0 Å². The van der Waals surface area contributed by atoms with E-state index in [9.17, 15) is 0 Å². The highest BCUT2D eigenvalue weighted by atomic mass is 15.2. The summed E-state index contributed by atoms with van der Waals surface area (Å²) in [6.45, 7) is 14.8. The molecule has 0 amide bonds. The predicted octanol–water partition coefficient (Wildman–Crippen LogP) is 2.92. The second-order valence-corrected chi connectivity index (χ2v) is 3.91. The van der Waals surface area contributed by atoms with Crippen LogP contribution in [-0.4, -0.2) is 23.5 Å². The van der Waals surface area contributed by atoms with E-state index in [-0.39, 0.29) is 6.15 Å². The zero-order valence-corrected chi connectivity index (χ0v) is 9.59. The molecular weight excluding hydrogens is 148 g/mol. The summed E-state index contributed by atoms with van der Waals surface area (Å²) in [6, 6.07) is 1.39. The van der Waals surface area contributed by atoms with Crippen LogP contribution in [0.5, 0.6) is 0 Å². The highest BCUT2D eigenvalue weighted by Crippen LogP contribution is 2.12. The Hall–Kier alpha value is -0.0800. The van der Waals surface area contributed by atoms with Crippen LogP contribution in [-0.2, 0) is 0 Å². The van der Waals surface area contributed by atoms with Crippen LogP contribution >= 0.6 is 0 Å². The normalized spacial score (nSPS) is 13.8. The average Bonchev–Trinajstić information content (AvgIpc) is 1.88. The first kappa shape index (κ1) is 14.4. The molecule has 0 saturated carbocycles. The number of hydrogen-bond donors (Lipinski definition) is 1. The van der Waals surface area contributed by atoms with Crippen molar-refractivity contribution in [2.75, 3.05) is 6.54 Å². The van der Waals surface area contributed by atoms with Gasteiger partial charge in [0.2, 0.25) is 0 Å². The molecule has 1 atom stereocenters. The Morgan fingerprint density at radius 1 is 1.00 bits per heavy atom. The fourth-order valence-electron chi connectivity index (χ4n) is 1.51. The Morgan fingerprint density at radius 3 is 1.50 bits per heavy atom. The largest absolute Gasteiger partial charge is 0.344 e. The van der Waals surface area contributed by atoms with Gasteiger partial charge in [-0.1, -0.05) is 20.8 Å². The number of nitrogens with zero attached hydrogens (tertiary/aromatic N) is 1. The summed E-state index contributed by atoms with van der Waals surface area (Å²) >= 11 is 0. The van der Waals surface area contributed by atoms with E-state index in [2.05, 4.69) is 46.4 Å². The monoisotopic (exact) mass is 174 g/mol. The van der Waals surface area contributed by atoms with Gasteiger partial charge in [-0.15, -0.1) is 0 Å². The lowest BCUT2D eigenvalue weighted by atomic mass is 10.0. The Kier molecular flexibility index (Phi) is 7.75. The lowest BCUT2D eigenvalue weighted by Crippen LogP contribution is -2.41. The van der Waals surface area contributed by atoms with Crippen LogP contribution in [0.1, 0.15) is 41.5 Å². The standard InChI is InChI=1S/C10H23N.H3N/c1-7-11(9(4)5)10(6)8(2)3;/h8-10H,7H2,1-6H3;1H3. The zero-order chi connectivity index (χ0) is 9.02. The highest BCUT2D eigenvalue weighted by Gasteiger charge is 2.17. The number of rotatable bonds is 4. The lowest BCUT2D eigenvalue weighted by Gasteiger charge is -2.34. The molecule has 0 aromatic heterocycles. The Bertz CT molecular complexity index is 100. The van der Waals surface area contributed by atoms with Gasteiger partial charge < -0.3 is 6.15 Å². The molecule has 0 radical (unpaired) electrons. The second kappa shape index (κ2) is 6.44. The molecule has 0 aliphatic rings. The molecule has 0 aromatic rings. The maximum absolute atomic E-state index is 2.53. The van der Waals surface area contributed by atoms with Gasteiger partial charge in [0.15, 0.2) is 0 Å². The summed E-state index contributed by atoms with van der Waals surface area (Å²) < 4.78 is 0. The molecule has 0 rings (SSSR count). The SMILES string of the molecule is CCN(C(C)C)C(C)C(C)C.N. The molecule has 0 aliphatic carbocycles. The topological polar surface area (TPSA) is 38.2 Å². The maximum atomic E-state index is 2.53. The van der Waals surface area contributed by atoms with Gasteiger partial charge in [-0.2, -0.15) is 0 Å². The molecule has 0 aromatic carbocycles. The molecule has 2 heteroatoms. The third-order valence-corrected chi connectivity index (χ3v) is 2.52.